The molecule has 162 valence electrons. The molecule has 0 saturated carbocycles. The summed E-state index contributed by atoms with van der Waals surface area (Å²) in [5.41, 5.74) is 14.0. The van der Waals surface area contributed by atoms with Crippen molar-refractivity contribution in [1.82, 2.24) is 20.8 Å². The van der Waals surface area contributed by atoms with Crippen LogP contribution >= 0.6 is 22.7 Å². The van der Waals surface area contributed by atoms with Crippen LogP contribution in [0.4, 0.5) is 11.4 Å². The van der Waals surface area contributed by atoms with Gasteiger partial charge in [-0.3, -0.25) is 31.3 Å². The first-order valence-electron chi connectivity index (χ1n) is 9.75. The first-order valence-corrected chi connectivity index (χ1v) is 11.5. The Morgan fingerprint density at radius 2 is 1.06 bits per heavy atom. The number of hydrazine groups is 2. The molecular weight excluding hydrogens is 444 g/mol. The number of hydrogen-bond acceptors (Lipinski definition) is 8. The molecule has 10 heteroatoms. The molecule has 2 aromatic carbocycles. The van der Waals surface area contributed by atoms with Crippen LogP contribution in [0, 0.1) is 0 Å². The quantitative estimate of drug-likeness (QED) is 0.282. The second-order valence-corrected chi connectivity index (χ2v) is 8.44. The number of carbonyl (C=O) groups excluding carboxylic acids is 2. The zero-order chi connectivity index (χ0) is 22.2. The van der Waals surface area contributed by atoms with Gasteiger partial charge in [0.15, 0.2) is 10.0 Å². The molecule has 2 aromatic heterocycles. The Labute approximate surface area is 192 Å². The summed E-state index contributed by atoms with van der Waals surface area (Å²) in [5, 5.41) is 5.13. The van der Waals surface area contributed by atoms with Gasteiger partial charge in [0.2, 0.25) is 11.8 Å². The maximum absolute atomic E-state index is 12.1. The first kappa shape index (κ1) is 21.5. The minimum Gasteiger partial charge on any atom is -0.299 e. The largest absolute Gasteiger partial charge is 0.299 e. The van der Waals surface area contributed by atoms with Gasteiger partial charge >= 0.3 is 0 Å². The summed E-state index contributed by atoms with van der Waals surface area (Å²) in [5.74, 6) is -0.374. The maximum Gasteiger partial charge on any atom is 0.244 e. The van der Waals surface area contributed by atoms with E-state index in [0.717, 1.165) is 21.4 Å². The Morgan fingerprint density at radius 1 is 0.656 bits per heavy atom. The van der Waals surface area contributed by atoms with Gasteiger partial charge in [0.25, 0.3) is 0 Å². The highest BCUT2D eigenvalue weighted by molar-refractivity contribution is 7.19. The molecule has 0 fully saturated rings. The van der Waals surface area contributed by atoms with E-state index in [9.17, 15) is 9.59 Å². The maximum atomic E-state index is 12.1. The van der Waals surface area contributed by atoms with Crippen molar-refractivity contribution in [2.24, 2.45) is 0 Å². The lowest BCUT2D eigenvalue weighted by Gasteiger charge is -2.07. The smallest absolute Gasteiger partial charge is 0.244 e. The van der Waals surface area contributed by atoms with E-state index in [4.69, 9.17) is 0 Å². The number of benzene rings is 2. The Hall–Kier alpha value is -3.76. The highest BCUT2D eigenvalue weighted by Gasteiger charge is 2.13. The lowest BCUT2D eigenvalue weighted by Crippen LogP contribution is -2.30. The summed E-state index contributed by atoms with van der Waals surface area (Å²) < 4.78 is 0. The number of amides is 2. The Kier molecular flexibility index (Phi) is 7.05. The van der Waals surface area contributed by atoms with Crippen molar-refractivity contribution >= 4 is 45.9 Å². The highest BCUT2D eigenvalue weighted by atomic mass is 32.1. The predicted octanol–water partition coefficient (Wildman–Crippen LogP) is 3.64. The summed E-state index contributed by atoms with van der Waals surface area (Å²) in [7, 11) is 0. The molecule has 0 saturated heterocycles. The van der Waals surface area contributed by atoms with Gasteiger partial charge in [0.1, 0.15) is 0 Å². The Morgan fingerprint density at radius 3 is 1.47 bits per heavy atom. The third-order valence-electron chi connectivity index (χ3n) is 4.21. The topological polar surface area (TPSA) is 108 Å². The standard InChI is InChI=1S/C22H20N6O2S2/c29-19(27-25-15-7-3-1-4-8-15)11-17-13-31-21(23-17)22-24-18(14-32-22)12-20(30)28-26-16-9-5-2-6-10-16/h1-10,13-14,25-26H,11-12H2,(H,27,29)(H,28,30). The van der Waals surface area contributed by atoms with Crippen LogP contribution < -0.4 is 21.7 Å². The van der Waals surface area contributed by atoms with Gasteiger partial charge in [0.05, 0.1) is 35.6 Å². The number of aromatic nitrogens is 2. The van der Waals surface area contributed by atoms with Crippen LogP contribution in [-0.4, -0.2) is 21.8 Å². The third kappa shape index (κ3) is 6.13. The fourth-order valence-electron chi connectivity index (χ4n) is 2.72. The van der Waals surface area contributed by atoms with Crippen molar-refractivity contribution in [1.29, 1.82) is 0 Å². The van der Waals surface area contributed by atoms with Crippen LogP contribution in [0.1, 0.15) is 11.4 Å². The van der Waals surface area contributed by atoms with Gasteiger partial charge in [-0.25, -0.2) is 9.97 Å². The van der Waals surface area contributed by atoms with Crippen molar-refractivity contribution in [2.45, 2.75) is 12.8 Å². The summed E-state index contributed by atoms with van der Waals surface area (Å²) in [6.07, 6.45) is 0.310. The minimum absolute atomic E-state index is 0.155. The second-order valence-electron chi connectivity index (χ2n) is 6.72. The minimum atomic E-state index is -0.187. The number of carbonyl (C=O) groups is 2. The average molecular weight is 465 g/mol. The van der Waals surface area contributed by atoms with Gasteiger partial charge in [-0.2, -0.15) is 0 Å². The molecule has 0 aliphatic rings. The van der Waals surface area contributed by atoms with Crippen LogP contribution in [0.2, 0.25) is 0 Å². The molecule has 0 aliphatic carbocycles. The molecule has 0 aliphatic heterocycles. The van der Waals surface area contributed by atoms with Crippen molar-refractivity contribution in [3.8, 4) is 10.0 Å². The Bertz CT molecular complexity index is 1080. The lowest BCUT2D eigenvalue weighted by molar-refractivity contribution is -0.120. The summed E-state index contributed by atoms with van der Waals surface area (Å²) in [6.45, 7) is 0. The van der Waals surface area contributed by atoms with E-state index in [2.05, 4.69) is 31.7 Å². The van der Waals surface area contributed by atoms with E-state index >= 15 is 0 Å². The van der Waals surface area contributed by atoms with E-state index in [1.54, 1.807) is 0 Å². The molecule has 0 unspecified atom stereocenters. The number of thiazole rings is 2. The van der Waals surface area contributed by atoms with Crippen LogP contribution in [-0.2, 0) is 22.4 Å². The number of para-hydroxylation sites is 2. The molecule has 8 nitrogen and oxygen atoms in total. The zero-order valence-corrected chi connectivity index (χ0v) is 18.5. The van der Waals surface area contributed by atoms with Gasteiger partial charge in [-0.15, -0.1) is 22.7 Å². The normalized spacial score (nSPS) is 10.4. The van der Waals surface area contributed by atoms with Gasteiger partial charge < -0.3 is 0 Å². The van der Waals surface area contributed by atoms with Crippen LogP contribution in [0.15, 0.2) is 71.4 Å². The Balaban J connectivity index is 1.27. The van der Waals surface area contributed by atoms with Gasteiger partial charge in [-0.1, -0.05) is 36.4 Å². The zero-order valence-electron chi connectivity index (χ0n) is 16.9. The van der Waals surface area contributed by atoms with Gasteiger partial charge in [-0.05, 0) is 24.3 Å². The monoisotopic (exact) mass is 464 g/mol. The molecule has 2 heterocycles. The first-order chi connectivity index (χ1) is 15.7. The van der Waals surface area contributed by atoms with Crippen molar-refractivity contribution in [2.75, 3.05) is 10.9 Å². The fraction of sp³-hybridized carbons (Fsp3) is 0.0909. The molecule has 4 aromatic rings. The number of anilines is 2. The number of nitrogens with one attached hydrogen (secondary N) is 4. The highest BCUT2D eigenvalue weighted by Crippen LogP contribution is 2.27. The molecule has 2 amide bonds. The molecule has 0 spiro atoms. The van der Waals surface area contributed by atoms with Crippen LogP contribution in [0.3, 0.4) is 0 Å². The van der Waals surface area contributed by atoms with E-state index < -0.39 is 0 Å². The summed E-state index contributed by atoms with van der Waals surface area (Å²) >= 11 is 2.84. The number of nitrogens with zero attached hydrogens (tertiary/aromatic N) is 2. The summed E-state index contributed by atoms with van der Waals surface area (Å²) in [4.78, 5) is 33.3. The third-order valence-corrected chi connectivity index (χ3v) is 6.13. The molecule has 4 N–H and O–H groups in total. The van der Waals surface area contributed by atoms with Gasteiger partial charge in [0, 0.05) is 10.8 Å². The molecular formula is C22H20N6O2S2. The van der Waals surface area contributed by atoms with E-state index in [0.29, 0.717) is 11.4 Å². The van der Waals surface area contributed by atoms with E-state index in [1.165, 1.54) is 22.7 Å². The van der Waals surface area contributed by atoms with Crippen LogP contribution in [0.25, 0.3) is 10.0 Å². The lowest BCUT2D eigenvalue weighted by atomic mass is 10.3. The average Bonchev–Trinajstić information content (AvgIpc) is 3.47. The van der Waals surface area contributed by atoms with E-state index in [1.807, 2.05) is 71.4 Å². The molecule has 0 atom stereocenters. The fourth-order valence-corrected chi connectivity index (χ4v) is 4.41. The van der Waals surface area contributed by atoms with Crippen LogP contribution in [0.5, 0.6) is 0 Å². The number of rotatable bonds is 9. The van der Waals surface area contributed by atoms with E-state index in [-0.39, 0.29) is 24.7 Å². The van der Waals surface area contributed by atoms with Crippen molar-refractivity contribution in [3.05, 3.63) is 82.8 Å². The molecule has 0 bridgehead atoms. The van der Waals surface area contributed by atoms with Crippen molar-refractivity contribution in [3.63, 3.8) is 0 Å². The predicted molar refractivity (Wildman–Crippen MR) is 127 cm³/mol. The number of hydrogen-bond donors (Lipinski definition) is 4. The molecule has 4 rings (SSSR count). The molecule has 0 radical (unpaired) electrons. The molecule has 32 heavy (non-hydrogen) atoms. The summed E-state index contributed by atoms with van der Waals surface area (Å²) in [6, 6.07) is 18.8. The van der Waals surface area contributed by atoms with Crippen molar-refractivity contribution < 1.29 is 9.59 Å². The second kappa shape index (κ2) is 10.5. The SMILES string of the molecule is O=C(Cc1csc(-c2nc(CC(=O)NNc3ccccc3)cs2)n1)NNc1ccccc1.